The third kappa shape index (κ3) is 3.50. The number of rotatable bonds is 4. The molecule has 1 aromatic carbocycles. The van der Waals surface area contributed by atoms with Crippen molar-refractivity contribution in [3.05, 3.63) is 51.1 Å². The molecule has 0 fully saturated rings. The Hall–Kier alpha value is -1.76. The highest BCUT2D eigenvalue weighted by Gasteiger charge is 2.33. The quantitative estimate of drug-likeness (QED) is 0.537. The van der Waals surface area contributed by atoms with Crippen molar-refractivity contribution >= 4 is 42.3 Å². The lowest BCUT2D eigenvalue weighted by molar-refractivity contribution is -0.140. The van der Waals surface area contributed by atoms with Crippen molar-refractivity contribution in [2.45, 2.75) is 32.7 Å². The molecule has 3 rings (SSSR count). The summed E-state index contributed by atoms with van der Waals surface area (Å²) in [6.45, 7) is 3.88. The van der Waals surface area contributed by atoms with Gasteiger partial charge in [-0.3, -0.25) is 9.59 Å². The molecule has 4 nitrogen and oxygen atoms in total. The van der Waals surface area contributed by atoms with Crippen molar-refractivity contribution in [1.82, 2.24) is 0 Å². The second kappa shape index (κ2) is 7.42. The van der Waals surface area contributed by atoms with E-state index in [1.165, 1.54) is 12.5 Å². The molecule has 2 aliphatic heterocycles. The molecule has 0 bridgehead atoms. The summed E-state index contributed by atoms with van der Waals surface area (Å²) >= 11 is -0.0280. The molecule has 0 spiro atoms. The third-order valence-electron chi connectivity index (χ3n) is 4.22. The smallest absolute Gasteiger partial charge is 0.302 e. The molecule has 1 unspecified atom stereocenters. The Labute approximate surface area is 151 Å². The number of halogens is 1. The SMILES string of the molecule is CC(=O)OCCc1cccc2c1CC(C)N2C(=O)C1=CC=IC=C1. The van der Waals surface area contributed by atoms with Crippen LogP contribution >= 0.6 is 20.7 Å². The summed E-state index contributed by atoms with van der Waals surface area (Å²) in [6, 6.07) is 6.17. The van der Waals surface area contributed by atoms with Crippen molar-refractivity contribution in [3.8, 4) is 0 Å². The van der Waals surface area contributed by atoms with E-state index in [4.69, 9.17) is 4.74 Å². The molecule has 0 aliphatic carbocycles. The maximum Gasteiger partial charge on any atom is 0.302 e. The van der Waals surface area contributed by atoms with E-state index in [1.54, 1.807) is 0 Å². The standard InChI is InChI=1S/C19H20INO3/c1-13-12-17-15(8-11-24-14(2)22)4-3-5-18(17)21(13)19(23)16-6-9-20-10-7-16/h3-7,9-10,13H,8,11-12H2,1-2H3. The first-order chi connectivity index (χ1) is 11.6. The molecular weight excluding hydrogens is 417 g/mol. The fourth-order valence-corrected chi connectivity index (χ4v) is 4.57. The lowest BCUT2D eigenvalue weighted by Gasteiger charge is -2.23. The second-order valence-corrected chi connectivity index (χ2v) is 8.06. The minimum absolute atomic E-state index is 0.0280. The zero-order valence-electron chi connectivity index (χ0n) is 13.8. The highest BCUT2D eigenvalue weighted by molar-refractivity contribution is 14.2. The van der Waals surface area contributed by atoms with Crippen molar-refractivity contribution in [2.75, 3.05) is 11.5 Å². The molecule has 5 heteroatoms. The van der Waals surface area contributed by atoms with Gasteiger partial charge in [0.15, 0.2) is 0 Å². The molecule has 1 aromatic rings. The van der Waals surface area contributed by atoms with Crippen LogP contribution in [0.4, 0.5) is 5.69 Å². The molecule has 1 amide bonds. The van der Waals surface area contributed by atoms with Crippen LogP contribution in [-0.2, 0) is 27.2 Å². The Bertz CT molecular complexity index is 764. The largest absolute Gasteiger partial charge is 0.466 e. The molecular formula is C19H20INO3. The van der Waals surface area contributed by atoms with Gasteiger partial charge in [0, 0.05) is 30.6 Å². The number of fused-ring (bicyclic) bond motifs is 1. The molecule has 0 N–H and O–H groups in total. The number of esters is 1. The van der Waals surface area contributed by atoms with Crippen molar-refractivity contribution < 1.29 is 14.3 Å². The van der Waals surface area contributed by atoms with E-state index in [0.717, 1.165) is 23.2 Å². The average molecular weight is 437 g/mol. The van der Waals surface area contributed by atoms with Crippen LogP contribution in [0, 0.1) is 0 Å². The summed E-state index contributed by atoms with van der Waals surface area (Å²) in [5.74, 6) is -0.197. The van der Waals surface area contributed by atoms with E-state index in [9.17, 15) is 9.59 Å². The molecule has 0 aromatic heterocycles. The van der Waals surface area contributed by atoms with Crippen molar-refractivity contribution in [3.63, 3.8) is 0 Å². The van der Waals surface area contributed by atoms with Crippen molar-refractivity contribution in [2.24, 2.45) is 0 Å². The molecule has 0 saturated carbocycles. The van der Waals surface area contributed by atoms with Crippen LogP contribution in [0.3, 0.4) is 0 Å². The number of allylic oxidation sites excluding steroid dienone is 1. The van der Waals surface area contributed by atoms with Gasteiger partial charge in [0.1, 0.15) is 0 Å². The number of ether oxygens (including phenoxy) is 1. The number of amides is 1. The topological polar surface area (TPSA) is 46.6 Å². The predicted molar refractivity (Wildman–Crippen MR) is 105 cm³/mol. The van der Waals surface area contributed by atoms with Crippen molar-refractivity contribution in [1.29, 1.82) is 0 Å². The zero-order valence-corrected chi connectivity index (χ0v) is 15.9. The Kier molecular flexibility index (Phi) is 5.28. The first kappa shape index (κ1) is 17.1. The highest BCUT2D eigenvalue weighted by atomic mass is 127. The minimum atomic E-state index is -0.261. The summed E-state index contributed by atoms with van der Waals surface area (Å²) in [5, 5.41) is 0. The third-order valence-corrected chi connectivity index (χ3v) is 5.77. The Morgan fingerprint density at radius 1 is 1.38 bits per heavy atom. The van der Waals surface area contributed by atoms with E-state index < -0.39 is 0 Å². The lowest BCUT2D eigenvalue weighted by atomic mass is 10.0. The summed E-state index contributed by atoms with van der Waals surface area (Å²) in [7, 11) is 0. The van der Waals surface area contributed by atoms with Gasteiger partial charge in [-0.2, -0.15) is 0 Å². The van der Waals surface area contributed by atoms with Crippen LogP contribution in [0.2, 0.25) is 0 Å². The van der Waals surface area contributed by atoms with E-state index in [-0.39, 0.29) is 38.6 Å². The molecule has 0 saturated heterocycles. The highest BCUT2D eigenvalue weighted by Crippen LogP contribution is 2.36. The van der Waals surface area contributed by atoms with E-state index in [1.807, 2.05) is 29.2 Å². The fraction of sp³-hybridized carbons (Fsp3) is 0.316. The van der Waals surface area contributed by atoms with Gasteiger partial charge in [-0.25, -0.2) is 0 Å². The number of anilines is 1. The maximum absolute atomic E-state index is 12.9. The van der Waals surface area contributed by atoms with Crippen LogP contribution < -0.4 is 4.90 Å². The predicted octanol–water partition coefficient (Wildman–Crippen LogP) is 3.30. The van der Waals surface area contributed by atoms with Crippen LogP contribution in [0.15, 0.2) is 40.0 Å². The Morgan fingerprint density at radius 3 is 2.92 bits per heavy atom. The second-order valence-electron chi connectivity index (χ2n) is 5.90. The van der Waals surface area contributed by atoms with Gasteiger partial charge in [-0.05, 0) is 50.8 Å². The fourth-order valence-electron chi connectivity index (χ4n) is 3.14. The van der Waals surface area contributed by atoms with Gasteiger partial charge in [0.2, 0.25) is 0 Å². The number of carbonyl (C=O) groups is 2. The molecule has 1 atom stereocenters. The number of hydrogen-bond acceptors (Lipinski definition) is 3. The van der Waals surface area contributed by atoms with Gasteiger partial charge >= 0.3 is 5.97 Å². The summed E-state index contributed by atoms with van der Waals surface area (Å²) in [6.07, 6.45) is 5.42. The molecule has 0 radical (unpaired) electrons. The number of benzene rings is 1. The zero-order chi connectivity index (χ0) is 17.1. The molecule has 2 heterocycles. The van der Waals surface area contributed by atoms with Crippen LogP contribution in [0.5, 0.6) is 0 Å². The molecule has 126 valence electrons. The monoisotopic (exact) mass is 437 g/mol. The van der Waals surface area contributed by atoms with Gasteiger partial charge in [0.25, 0.3) is 5.91 Å². The van der Waals surface area contributed by atoms with Gasteiger partial charge in [-0.1, -0.05) is 32.9 Å². The van der Waals surface area contributed by atoms with Crippen LogP contribution in [-0.4, -0.2) is 28.5 Å². The van der Waals surface area contributed by atoms with E-state index in [0.29, 0.717) is 13.0 Å². The summed E-state index contributed by atoms with van der Waals surface area (Å²) in [5.41, 5.74) is 4.09. The first-order valence-corrected chi connectivity index (χ1v) is 10.5. The molecule has 24 heavy (non-hydrogen) atoms. The number of hydrogen-bond donors (Lipinski definition) is 0. The average Bonchev–Trinajstić information content (AvgIpc) is 2.91. The summed E-state index contributed by atoms with van der Waals surface area (Å²) < 4.78 is 9.29. The number of carbonyl (C=O) groups excluding carboxylic acids is 2. The first-order valence-electron chi connectivity index (χ1n) is 7.97. The Balaban J connectivity index is 1.85. The van der Waals surface area contributed by atoms with E-state index in [2.05, 4.69) is 21.1 Å². The lowest BCUT2D eigenvalue weighted by Crippen LogP contribution is -2.36. The number of nitrogens with zero attached hydrogens (tertiary/aromatic N) is 1. The van der Waals surface area contributed by atoms with Crippen LogP contribution in [0.1, 0.15) is 25.0 Å². The van der Waals surface area contributed by atoms with Gasteiger partial charge < -0.3 is 9.64 Å². The maximum atomic E-state index is 12.9. The van der Waals surface area contributed by atoms with Crippen LogP contribution in [0.25, 0.3) is 0 Å². The molecule has 2 aliphatic rings. The Morgan fingerprint density at radius 2 is 2.21 bits per heavy atom. The van der Waals surface area contributed by atoms with Gasteiger partial charge in [0.05, 0.1) is 6.61 Å². The summed E-state index contributed by atoms with van der Waals surface area (Å²) in [4.78, 5) is 25.8. The van der Waals surface area contributed by atoms with Gasteiger partial charge in [-0.15, -0.1) is 0 Å². The van der Waals surface area contributed by atoms with E-state index >= 15 is 0 Å². The normalized spacial score (nSPS) is 18.7. The minimum Gasteiger partial charge on any atom is -0.466 e.